The van der Waals surface area contributed by atoms with Crippen LogP contribution in [0.15, 0.2) is 30.6 Å². The van der Waals surface area contributed by atoms with Crippen LogP contribution in [0.1, 0.15) is 30.4 Å². The van der Waals surface area contributed by atoms with Gasteiger partial charge in [-0.05, 0) is 43.0 Å². The Morgan fingerprint density at radius 2 is 2.00 bits per heavy atom. The van der Waals surface area contributed by atoms with Crippen molar-refractivity contribution in [3.63, 3.8) is 0 Å². The smallest absolute Gasteiger partial charge is 0.292 e. The number of hydrogen-bond donors (Lipinski definition) is 2. The van der Waals surface area contributed by atoms with E-state index in [4.69, 9.17) is 0 Å². The highest BCUT2D eigenvalue weighted by atomic mass is 16.2. The van der Waals surface area contributed by atoms with Crippen LogP contribution in [-0.2, 0) is 0 Å². The average molecular weight is 285 g/mol. The molecular weight excluding hydrogens is 266 g/mol. The molecule has 0 aliphatic carbocycles. The number of benzene rings is 1. The zero-order valence-electron chi connectivity index (χ0n) is 12.0. The summed E-state index contributed by atoms with van der Waals surface area (Å²) >= 11 is 0. The fraction of sp³-hybridized carbons (Fsp3) is 0.400. The third-order valence-corrected chi connectivity index (χ3v) is 3.90. The molecule has 21 heavy (non-hydrogen) atoms. The molecule has 0 bridgehead atoms. The van der Waals surface area contributed by atoms with Gasteiger partial charge in [0.25, 0.3) is 5.91 Å². The predicted molar refractivity (Wildman–Crippen MR) is 81.4 cm³/mol. The Labute approximate surface area is 123 Å². The second-order valence-corrected chi connectivity index (χ2v) is 5.50. The first-order chi connectivity index (χ1) is 10.2. The Bertz CT molecular complexity index is 585. The molecule has 0 saturated carbocycles. The molecule has 6 heteroatoms. The molecule has 2 N–H and O–H groups in total. The van der Waals surface area contributed by atoms with Crippen LogP contribution in [-0.4, -0.2) is 34.2 Å². The van der Waals surface area contributed by atoms with E-state index in [0.717, 1.165) is 24.7 Å². The molecule has 1 saturated heterocycles. The lowest BCUT2D eigenvalue weighted by molar-refractivity contribution is 0.101. The van der Waals surface area contributed by atoms with Gasteiger partial charge in [0, 0.05) is 24.5 Å². The SMILES string of the molecule is CC1CCN(c2ccc(NC(=O)c3ncn[nH]3)cc2)CC1. The first kappa shape index (κ1) is 13.6. The number of nitrogens with zero attached hydrogens (tertiary/aromatic N) is 3. The fourth-order valence-corrected chi connectivity index (χ4v) is 2.53. The second-order valence-electron chi connectivity index (χ2n) is 5.50. The Hall–Kier alpha value is -2.37. The van der Waals surface area contributed by atoms with Crippen molar-refractivity contribution in [2.45, 2.75) is 19.8 Å². The normalized spacial score (nSPS) is 16.0. The van der Waals surface area contributed by atoms with E-state index in [2.05, 4.69) is 32.3 Å². The molecule has 1 aliphatic rings. The van der Waals surface area contributed by atoms with Crippen molar-refractivity contribution < 1.29 is 4.79 Å². The molecule has 1 amide bonds. The van der Waals surface area contributed by atoms with Crippen molar-refractivity contribution in [2.75, 3.05) is 23.3 Å². The molecule has 110 valence electrons. The topological polar surface area (TPSA) is 73.9 Å². The van der Waals surface area contributed by atoms with E-state index in [1.807, 2.05) is 24.3 Å². The number of piperidine rings is 1. The van der Waals surface area contributed by atoms with Crippen LogP contribution in [0.25, 0.3) is 0 Å². The number of hydrogen-bond acceptors (Lipinski definition) is 4. The quantitative estimate of drug-likeness (QED) is 0.907. The lowest BCUT2D eigenvalue weighted by Gasteiger charge is -2.32. The van der Waals surface area contributed by atoms with E-state index in [9.17, 15) is 4.79 Å². The third-order valence-electron chi connectivity index (χ3n) is 3.90. The number of H-pyrrole nitrogens is 1. The molecule has 2 aromatic rings. The summed E-state index contributed by atoms with van der Waals surface area (Å²) < 4.78 is 0. The first-order valence-corrected chi connectivity index (χ1v) is 7.24. The van der Waals surface area contributed by atoms with Gasteiger partial charge in [0.1, 0.15) is 6.33 Å². The largest absolute Gasteiger partial charge is 0.372 e. The number of aromatic amines is 1. The van der Waals surface area contributed by atoms with Gasteiger partial charge in [-0.15, -0.1) is 0 Å². The maximum atomic E-state index is 11.8. The molecular formula is C15H19N5O. The maximum absolute atomic E-state index is 11.8. The number of carbonyl (C=O) groups is 1. The van der Waals surface area contributed by atoms with Crippen molar-refractivity contribution in [3.05, 3.63) is 36.4 Å². The van der Waals surface area contributed by atoms with E-state index >= 15 is 0 Å². The Morgan fingerprint density at radius 1 is 1.29 bits per heavy atom. The zero-order valence-corrected chi connectivity index (χ0v) is 12.0. The van der Waals surface area contributed by atoms with Crippen LogP contribution in [0, 0.1) is 5.92 Å². The molecule has 1 aromatic heterocycles. The van der Waals surface area contributed by atoms with Gasteiger partial charge in [-0.1, -0.05) is 6.92 Å². The lowest BCUT2D eigenvalue weighted by atomic mass is 9.99. The summed E-state index contributed by atoms with van der Waals surface area (Å²) in [6.45, 7) is 4.51. The van der Waals surface area contributed by atoms with E-state index < -0.39 is 0 Å². The number of nitrogens with one attached hydrogen (secondary N) is 2. The van der Waals surface area contributed by atoms with Gasteiger partial charge < -0.3 is 10.2 Å². The van der Waals surface area contributed by atoms with Gasteiger partial charge in [-0.25, -0.2) is 4.98 Å². The second kappa shape index (κ2) is 5.95. The zero-order chi connectivity index (χ0) is 14.7. The van der Waals surface area contributed by atoms with Crippen molar-refractivity contribution in [1.29, 1.82) is 0 Å². The molecule has 0 radical (unpaired) electrons. The monoisotopic (exact) mass is 285 g/mol. The summed E-state index contributed by atoms with van der Waals surface area (Å²) in [6.07, 6.45) is 3.79. The molecule has 1 aromatic carbocycles. The fourth-order valence-electron chi connectivity index (χ4n) is 2.53. The van der Waals surface area contributed by atoms with Gasteiger partial charge >= 0.3 is 0 Å². The highest BCUT2D eigenvalue weighted by Crippen LogP contribution is 2.24. The van der Waals surface area contributed by atoms with Crippen LogP contribution < -0.4 is 10.2 Å². The summed E-state index contributed by atoms with van der Waals surface area (Å²) in [5.41, 5.74) is 1.96. The lowest BCUT2D eigenvalue weighted by Crippen LogP contribution is -2.32. The summed E-state index contributed by atoms with van der Waals surface area (Å²) in [6, 6.07) is 7.93. The number of anilines is 2. The molecule has 2 heterocycles. The molecule has 6 nitrogen and oxygen atoms in total. The van der Waals surface area contributed by atoms with E-state index in [-0.39, 0.29) is 11.7 Å². The predicted octanol–water partition coefficient (Wildman–Crippen LogP) is 2.29. The van der Waals surface area contributed by atoms with E-state index in [0.29, 0.717) is 0 Å². The standard InChI is InChI=1S/C15H19N5O/c1-11-6-8-20(9-7-11)13-4-2-12(3-5-13)18-15(21)14-16-10-17-19-14/h2-5,10-11H,6-9H2,1H3,(H,18,21)(H,16,17,19). The van der Waals surface area contributed by atoms with Crippen LogP contribution >= 0.6 is 0 Å². The minimum Gasteiger partial charge on any atom is -0.372 e. The van der Waals surface area contributed by atoms with Crippen molar-refractivity contribution >= 4 is 17.3 Å². The third kappa shape index (κ3) is 3.21. The summed E-state index contributed by atoms with van der Waals surface area (Å²) in [5, 5.41) is 9.00. The van der Waals surface area contributed by atoms with Crippen molar-refractivity contribution in [1.82, 2.24) is 15.2 Å². The highest BCUT2D eigenvalue weighted by molar-refractivity contribution is 6.01. The van der Waals surface area contributed by atoms with E-state index in [1.165, 1.54) is 24.9 Å². The van der Waals surface area contributed by atoms with Crippen molar-refractivity contribution in [3.8, 4) is 0 Å². The molecule has 0 atom stereocenters. The van der Waals surface area contributed by atoms with Crippen LogP contribution in [0.4, 0.5) is 11.4 Å². The average Bonchev–Trinajstić information content (AvgIpc) is 3.03. The van der Waals surface area contributed by atoms with Crippen LogP contribution in [0.2, 0.25) is 0 Å². The number of rotatable bonds is 3. The Balaban J connectivity index is 1.63. The minimum absolute atomic E-state index is 0.212. The van der Waals surface area contributed by atoms with Gasteiger partial charge in [0.2, 0.25) is 5.82 Å². The van der Waals surface area contributed by atoms with Gasteiger partial charge in [0.15, 0.2) is 0 Å². The molecule has 1 fully saturated rings. The minimum atomic E-state index is -0.285. The number of aromatic nitrogens is 3. The Morgan fingerprint density at radius 3 is 2.62 bits per heavy atom. The maximum Gasteiger partial charge on any atom is 0.292 e. The summed E-state index contributed by atoms with van der Waals surface area (Å²) in [7, 11) is 0. The van der Waals surface area contributed by atoms with Crippen molar-refractivity contribution in [2.24, 2.45) is 5.92 Å². The van der Waals surface area contributed by atoms with Crippen LogP contribution in [0.3, 0.4) is 0 Å². The van der Waals surface area contributed by atoms with E-state index in [1.54, 1.807) is 0 Å². The molecule has 1 aliphatic heterocycles. The van der Waals surface area contributed by atoms with Gasteiger partial charge in [0.05, 0.1) is 0 Å². The molecule has 0 unspecified atom stereocenters. The van der Waals surface area contributed by atoms with Crippen LogP contribution in [0.5, 0.6) is 0 Å². The number of amides is 1. The highest BCUT2D eigenvalue weighted by Gasteiger charge is 2.16. The van der Waals surface area contributed by atoms with Gasteiger partial charge in [-0.3, -0.25) is 9.89 Å². The Kier molecular flexibility index (Phi) is 3.85. The summed E-state index contributed by atoms with van der Waals surface area (Å²) in [4.78, 5) is 18.1. The number of carbonyl (C=O) groups excluding carboxylic acids is 1. The molecule has 0 spiro atoms. The summed E-state index contributed by atoms with van der Waals surface area (Å²) in [5.74, 6) is 0.748. The first-order valence-electron chi connectivity index (χ1n) is 7.24. The van der Waals surface area contributed by atoms with Gasteiger partial charge in [-0.2, -0.15) is 5.10 Å². The molecule has 3 rings (SSSR count).